The van der Waals surface area contributed by atoms with Crippen molar-refractivity contribution in [2.45, 2.75) is 6.42 Å². The Hall–Kier alpha value is -3.01. The van der Waals surface area contributed by atoms with Crippen LogP contribution >= 0.6 is 0 Å². The molecule has 4 rings (SSSR count). The van der Waals surface area contributed by atoms with E-state index in [1.807, 2.05) is 36.4 Å². The number of hydrogen-bond donors (Lipinski definition) is 0. The van der Waals surface area contributed by atoms with Gasteiger partial charge >= 0.3 is 0 Å². The van der Waals surface area contributed by atoms with Crippen molar-refractivity contribution in [1.29, 1.82) is 5.26 Å². The summed E-state index contributed by atoms with van der Waals surface area (Å²) in [7, 11) is 0. The second-order valence-corrected chi connectivity index (χ2v) is 7.10. The Morgan fingerprint density at radius 3 is 2.52 bits per heavy atom. The van der Waals surface area contributed by atoms with E-state index in [0.717, 1.165) is 61.6 Å². The molecule has 3 aromatic rings. The number of nitriles is 1. The van der Waals surface area contributed by atoms with Crippen LogP contribution in [0, 0.1) is 11.3 Å². The average Bonchev–Trinajstić information content (AvgIpc) is 2.80. The van der Waals surface area contributed by atoms with Gasteiger partial charge < -0.3 is 9.64 Å². The van der Waals surface area contributed by atoms with Gasteiger partial charge in [0.15, 0.2) is 0 Å². The van der Waals surface area contributed by atoms with Gasteiger partial charge in [-0.25, -0.2) is 9.97 Å². The fourth-order valence-electron chi connectivity index (χ4n) is 3.61. The van der Waals surface area contributed by atoms with Crippen molar-refractivity contribution in [2.24, 2.45) is 0 Å². The molecule has 148 valence electrons. The highest BCUT2D eigenvalue weighted by Gasteiger charge is 2.17. The first-order valence-corrected chi connectivity index (χ1v) is 10.1. The molecule has 29 heavy (non-hydrogen) atoms. The van der Waals surface area contributed by atoms with E-state index >= 15 is 0 Å². The van der Waals surface area contributed by atoms with Gasteiger partial charge in [-0.15, -0.1) is 0 Å². The Kier molecular flexibility index (Phi) is 6.30. The molecule has 1 aliphatic heterocycles. The summed E-state index contributed by atoms with van der Waals surface area (Å²) in [6.07, 6.45) is 0.444. The first-order valence-electron chi connectivity index (χ1n) is 10.1. The lowest BCUT2D eigenvalue weighted by atomic mass is 10.1. The van der Waals surface area contributed by atoms with Gasteiger partial charge in [0.1, 0.15) is 0 Å². The highest BCUT2D eigenvalue weighted by Crippen LogP contribution is 2.28. The fourth-order valence-corrected chi connectivity index (χ4v) is 3.61. The van der Waals surface area contributed by atoms with E-state index in [2.05, 4.69) is 34.1 Å². The van der Waals surface area contributed by atoms with Crippen molar-refractivity contribution in [1.82, 2.24) is 14.9 Å². The number of anilines is 1. The van der Waals surface area contributed by atoms with E-state index in [9.17, 15) is 0 Å². The summed E-state index contributed by atoms with van der Waals surface area (Å²) in [5.41, 5.74) is 2.92. The molecule has 2 aromatic carbocycles. The van der Waals surface area contributed by atoms with E-state index < -0.39 is 0 Å². The van der Waals surface area contributed by atoms with Gasteiger partial charge in [-0.2, -0.15) is 5.26 Å². The van der Waals surface area contributed by atoms with Crippen LogP contribution in [-0.4, -0.2) is 60.8 Å². The van der Waals surface area contributed by atoms with Gasteiger partial charge in [-0.05, 0) is 6.07 Å². The molecule has 0 saturated carbocycles. The summed E-state index contributed by atoms with van der Waals surface area (Å²) in [6.45, 7) is 5.76. The fraction of sp³-hybridized carbons (Fsp3) is 0.348. The summed E-state index contributed by atoms with van der Waals surface area (Å²) >= 11 is 0. The largest absolute Gasteiger partial charge is 0.379 e. The molecule has 0 bridgehead atoms. The molecule has 0 N–H and O–H groups in total. The lowest BCUT2D eigenvalue weighted by Crippen LogP contribution is -2.42. The third-order valence-corrected chi connectivity index (χ3v) is 5.20. The lowest BCUT2D eigenvalue weighted by Gasteiger charge is -2.30. The van der Waals surface area contributed by atoms with Gasteiger partial charge in [0, 0.05) is 43.7 Å². The van der Waals surface area contributed by atoms with Crippen LogP contribution in [0.5, 0.6) is 0 Å². The van der Waals surface area contributed by atoms with E-state index in [0.29, 0.717) is 18.9 Å². The molecule has 6 nitrogen and oxygen atoms in total. The predicted octanol–water partition coefficient (Wildman–Crippen LogP) is 3.35. The summed E-state index contributed by atoms with van der Waals surface area (Å²) in [6, 6.07) is 20.6. The van der Waals surface area contributed by atoms with Crippen LogP contribution in [0.15, 0.2) is 54.6 Å². The van der Waals surface area contributed by atoms with Gasteiger partial charge in [0.2, 0.25) is 5.95 Å². The zero-order valence-electron chi connectivity index (χ0n) is 16.5. The summed E-state index contributed by atoms with van der Waals surface area (Å²) in [5, 5.41) is 10.2. The minimum atomic E-state index is 0.444. The smallest absolute Gasteiger partial charge is 0.226 e. The van der Waals surface area contributed by atoms with Crippen molar-refractivity contribution in [3.05, 3.63) is 54.6 Å². The van der Waals surface area contributed by atoms with Crippen LogP contribution in [0.4, 0.5) is 5.95 Å². The molecule has 1 saturated heterocycles. The maximum atomic E-state index is 9.14. The van der Waals surface area contributed by atoms with Crippen LogP contribution in [0.1, 0.15) is 6.42 Å². The molecule has 6 heteroatoms. The normalized spacial score (nSPS) is 14.6. The zero-order chi connectivity index (χ0) is 19.9. The molecule has 0 spiro atoms. The molecule has 1 aromatic heterocycles. The number of fused-ring (bicyclic) bond motifs is 1. The summed E-state index contributed by atoms with van der Waals surface area (Å²) < 4.78 is 5.45. The second-order valence-electron chi connectivity index (χ2n) is 7.10. The van der Waals surface area contributed by atoms with Gasteiger partial charge in [0.05, 0.1) is 36.9 Å². The SMILES string of the molecule is N#CCCN(CCN1CCOCC1)c1nc(-c2ccccc2)c2ccccc2n1. The average molecular weight is 387 g/mol. The first kappa shape index (κ1) is 19.3. The predicted molar refractivity (Wildman–Crippen MR) is 115 cm³/mol. The number of nitrogens with zero attached hydrogens (tertiary/aromatic N) is 5. The lowest BCUT2D eigenvalue weighted by molar-refractivity contribution is 0.0391. The molecule has 0 amide bonds. The maximum absolute atomic E-state index is 9.14. The zero-order valence-corrected chi connectivity index (χ0v) is 16.5. The monoisotopic (exact) mass is 387 g/mol. The quantitative estimate of drug-likeness (QED) is 0.619. The molecule has 1 fully saturated rings. The minimum absolute atomic E-state index is 0.444. The van der Waals surface area contributed by atoms with Crippen molar-refractivity contribution >= 4 is 16.9 Å². The number of para-hydroxylation sites is 1. The van der Waals surface area contributed by atoms with Crippen LogP contribution in [0.3, 0.4) is 0 Å². The Balaban J connectivity index is 1.67. The highest BCUT2D eigenvalue weighted by molar-refractivity contribution is 5.93. The standard InChI is InChI=1S/C23H25N5O/c24-11-6-12-28(14-13-27-15-17-29-18-16-27)23-25-21-10-5-4-9-20(21)22(26-23)19-7-2-1-3-8-19/h1-5,7-10H,6,12-18H2. The topological polar surface area (TPSA) is 65.3 Å². The summed E-state index contributed by atoms with van der Waals surface area (Å²) in [5.74, 6) is 0.686. The van der Waals surface area contributed by atoms with E-state index in [1.165, 1.54) is 0 Å². The molecule has 0 radical (unpaired) electrons. The summed E-state index contributed by atoms with van der Waals surface area (Å²) in [4.78, 5) is 14.3. The second kappa shape index (κ2) is 9.46. The van der Waals surface area contributed by atoms with Crippen molar-refractivity contribution < 1.29 is 4.74 Å². The van der Waals surface area contributed by atoms with Gasteiger partial charge in [0.25, 0.3) is 0 Å². The van der Waals surface area contributed by atoms with Crippen LogP contribution in [-0.2, 0) is 4.74 Å². The van der Waals surface area contributed by atoms with Crippen molar-refractivity contribution in [3.8, 4) is 17.3 Å². The Morgan fingerprint density at radius 2 is 1.72 bits per heavy atom. The van der Waals surface area contributed by atoms with Crippen molar-refractivity contribution in [3.63, 3.8) is 0 Å². The number of rotatable bonds is 7. The van der Waals surface area contributed by atoms with E-state index in [4.69, 9.17) is 20.0 Å². The van der Waals surface area contributed by atoms with Gasteiger partial charge in [-0.3, -0.25) is 4.90 Å². The van der Waals surface area contributed by atoms with Crippen molar-refractivity contribution in [2.75, 3.05) is 50.8 Å². The Bertz CT molecular complexity index is 979. The number of hydrogen-bond acceptors (Lipinski definition) is 6. The Labute approximate surface area is 171 Å². The maximum Gasteiger partial charge on any atom is 0.226 e. The third-order valence-electron chi connectivity index (χ3n) is 5.20. The number of morpholine rings is 1. The number of aromatic nitrogens is 2. The molecule has 0 unspecified atom stereocenters. The van der Waals surface area contributed by atoms with E-state index in [1.54, 1.807) is 0 Å². The van der Waals surface area contributed by atoms with Crippen LogP contribution in [0.2, 0.25) is 0 Å². The molecular formula is C23H25N5O. The van der Waals surface area contributed by atoms with Crippen LogP contribution < -0.4 is 4.90 Å². The van der Waals surface area contributed by atoms with Crippen LogP contribution in [0.25, 0.3) is 22.2 Å². The number of ether oxygens (including phenoxy) is 1. The molecule has 0 aliphatic carbocycles. The van der Waals surface area contributed by atoms with E-state index in [-0.39, 0.29) is 0 Å². The third kappa shape index (κ3) is 4.70. The molecule has 1 aliphatic rings. The molecular weight excluding hydrogens is 362 g/mol. The molecule has 0 atom stereocenters. The minimum Gasteiger partial charge on any atom is -0.379 e. The Morgan fingerprint density at radius 1 is 0.966 bits per heavy atom. The highest BCUT2D eigenvalue weighted by atomic mass is 16.5. The van der Waals surface area contributed by atoms with Gasteiger partial charge in [-0.1, -0.05) is 48.5 Å². The number of benzene rings is 2. The molecule has 2 heterocycles. The first-order chi connectivity index (χ1) is 14.3.